The van der Waals surface area contributed by atoms with Gasteiger partial charge >= 0.3 is 0 Å². The Balaban J connectivity index is 2.38. The topological polar surface area (TPSA) is 69.6 Å². The first kappa shape index (κ1) is 16.3. The maximum absolute atomic E-state index is 11.7. The van der Waals surface area contributed by atoms with Crippen molar-refractivity contribution in [2.45, 2.75) is 19.1 Å². The molecule has 0 saturated carbocycles. The van der Waals surface area contributed by atoms with Gasteiger partial charge in [0.1, 0.15) is 0 Å². The van der Waals surface area contributed by atoms with E-state index < -0.39 is 6.10 Å². The Bertz CT molecular complexity index is 417. The van der Waals surface area contributed by atoms with E-state index >= 15 is 0 Å². The highest BCUT2D eigenvalue weighted by Crippen LogP contribution is 2.22. The Hall–Kier alpha value is -0.750. The average Bonchev–Trinajstić information content (AvgIpc) is 2.38. The molecule has 3 N–H and O–H groups in total. The van der Waals surface area contributed by atoms with Crippen molar-refractivity contribution < 1.29 is 15.0 Å². The molecule has 1 rings (SSSR count). The number of hydrogen-bond acceptors (Lipinski definition) is 4. The van der Waals surface area contributed by atoms with Gasteiger partial charge in [-0.3, -0.25) is 4.79 Å². The third-order valence-corrected chi connectivity index (χ3v) is 3.93. The van der Waals surface area contributed by atoms with E-state index in [-0.39, 0.29) is 24.3 Å². The fourth-order valence-corrected chi connectivity index (χ4v) is 2.59. The van der Waals surface area contributed by atoms with Crippen LogP contribution in [-0.2, 0) is 4.79 Å². The monoisotopic (exact) mass is 303 g/mol. The van der Waals surface area contributed by atoms with Crippen molar-refractivity contribution in [2.24, 2.45) is 0 Å². The lowest BCUT2D eigenvalue weighted by atomic mass is 10.1. The summed E-state index contributed by atoms with van der Waals surface area (Å²) >= 11 is 7.33. The fourth-order valence-electron chi connectivity index (χ4n) is 1.53. The fraction of sp³-hybridized carbons (Fsp3) is 0.462. The molecule has 2 atom stereocenters. The van der Waals surface area contributed by atoms with Crippen molar-refractivity contribution in [3.63, 3.8) is 0 Å². The minimum Gasteiger partial charge on any atom is -0.394 e. The molecule has 0 aromatic heterocycles. The number of aliphatic hydroxyl groups is 2. The predicted octanol–water partition coefficient (Wildman–Crippen LogP) is 1.60. The lowest BCUT2D eigenvalue weighted by Crippen LogP contribution is -2.29. The molecule has 1 amide bonds. The molecule has 1 aromatic rings. The summed E-state index contributed by atoms with van der Waals surface area (Å²) in [5, 5.41) is 21.3. The first-order valence-corrected chi connectivity index (χ1v) is 7.48. The maximum atomic E-state index is 11.7. The zero-order valence-corrected chi connectivity index (χ0v) is 12.2. The Morgan fingerprint density at radius 2 is 2.16 bits per heavy atom. The Kier molecular flexibility index (Phi) is 7.23. The number of thioether (sulfide) groups is 1. The van der Waals surface area contributed by atoms with Crippen molar-refractivity contribution in [3.8, 4) is 0 Å². The van der Waals surface area contributed by atoms with Gasteiger partial charge in [0.15, 0.2) is 0 Å². The molecule has 1 aromatic carbocycles. The zero-order valence-electron chi connectivity index (χ0n) is 10.7. The van der Waals surface area contributed by atoms with Crippen LogP contribution in [0.4, 0.5) is 0 Å². The van der Waals surface area contributed by atoms with Gasteiger partial charge in [-0.1, -0.05) is 29.8 Å². The SMILES string of the molecule is CC(NC(=O)CSCC(O)CO)c1ccccc1Cl. The number of benzene rings is 1. The van der Waals surface area contributed by atoms with Crippen molar-refractivity contribution in [1.82, 2.24) is 5.32 Å². The van der Waals surface area contributed by atoms with Crippen molar-refractivity contribution in [2.75, 3.05) is 18.1 Å². The quantitative estimate of drug-likeness (QED) is 0.716. The molecule has 0 fully saturated rings. The maximum Gasteiger partial charge on any atom is 0.230 e. The average molecular weight is 304 g/mol. The van der Waals surface area contributed by atoms with Crippen LogP contribution in [0.25, 0.3) is 0 Å². The minimum atomic E-state index is -0.779. The molecule has 2 unspecified atom stereocenters. The molecule has 0 aliphatic rings. The highest BCUT2D eigenvalue weighted by Gasteiger charge is 2.12. The number of halogens is 1. The molecule has 0 saturated heterocycles. The van der Waals surface area contributed by atoms with Gasteiger partial charge in [0, 0.05) is 10.8 Å². The molecule has 0 aliphatic heterocycles. The number of rotatable bonds is 7. The first-order chi connectivity index (χ1) is 9.04. The first-order valence-electron chi connectivity index (χ1n) is 5.95. The molecule has 0 spiro atoms. The van der Waals surface area contributed by atoms with Crippen LogP contribution < -0.4 is 5.32 Å². The van der Waals surface area contributed by atoms with Crippen molar-refractivity contribution in [3.05, 3.63) is 34.9 Å². The van der Waals surface area contributed by atoms with Gasteiger partial charge < -0.3 is 15.5 Å². The summed E-state index contributed by atoms with van der Waals surface area (Å²) in [6, 6.07) is 7.20. The number of amides is 1. The smallest absolute Gasteiger partial charge is 0.230 e. The van der Waals surface area contributed by atoms with E-state index in [1.807, 2.05) is 25.1 Å². The second-order valence-electron chi connectivity index (χ2n) is 4.16. The lowest BCUT2D eigenvalue weighted by molar-refractivity contribution is -0.119. The largest absolute Gasteiger partial charge is 0.394 e. The molecule has 6 heteroatoms. The summed E-state index contributed by atoms with van der Waals surface area (Å²) in [5.74, 6) is 0.457. The zero-order chi connectivity index (χ0) is 14.3. The molecule has 0 aliphatic carbocycles. The molecule has 4 nitrogen and oxygen atoms in total. The van der Waals surface area contributed by atoms with E-state index in [4.69, 9.17) is 21.8 Å². The lowest BCUT2D eigenvalue weighted by Gasteiger charge is -2.15. The Morgan fingerprint density at radius 1 is 1.47 bits per heavy atom. The standard InChI is InChI=1S/C13H18ClNO3S/c1-9(11-4-2-3-5-12(11)14)15-13(18)8-19-7-10(17)6-16/h2-5,9-10,16-17H,6-8H2,1H3,(H,15,18). The normalized spacial score (nSPS) is 13.9. The molecule has 106 valence electrons. The van der Waals surface area contributed by atoms with E-state index in [1.54, 1.807) is 6.07 Å². The van der Waals surface area contributed by atoms with E-state index in [9.17, 15) is 4.79 Å². The van der Waals surface area contributed by atoms with E-state index in [0.717, 1.165) is 5.56 Å². The third-order valence-electron chi connectivity index (χ3n) is 2.50. The van der Waals surface area contributed by atoms with Crippen LogP contribution >= 0.6 is 23.4 Å². The summed E-state index contributed by atoms with van der Waals surface area (Å²) in [7, 11) is 0. The number of carbonyl (C=O) groups excluding carboxylic acids is 1. The van der Waals surface area contributed by atoms with Crippen LogP contribution in [0.3, 0.4) is 0 Å². The molecule has 0 bridgehead atoms. The van der Waals surface area contributed by atoms with Crippen LogP contribution in [0.5, 0.6) is 0 Å². The summed E-state index contributed by atoms with van der Waals surface area (Å²) in [5.41, 5.74) is 0.873. The van der Waals surface area contributed by atoms with Gasteiger partial charge in [0.05, 0.1) is 24.5 Å². The summed E-state index contributed by atoms with van der Waals surface area (Å²) in [6.45, 7) is 1.58. The Labute approximate surface area is 122 Å². The third kappa shape index (κ3) is 5.82. The predicted molar refractivity (Wildman–Crippen MR) is 78.4 cm³/mol. The van der Waals surface area contributed by atoms with E-state index in [0.29, 0.717) is 10.8 Å². The second-order valence-corrected chi connectivity index (χ2v) is 5.60. The van der Waals surface area contributed by atoms with Gasteiger partial charge in [-0.05, 0) is 18.6 Å². The van der Waals surface area contributed by atoms with E-state index in [1.165, 1.54) is 11.8 Å². The molecule has 0 radical (unpaired) electrons. The molecular formula is C13H18ClNO3S. The van der Waals surface area contributed by atoms with Crippen LogP contribution in [0.15, 0.2) is 24.3 Å². The Morgan fingerprint density at radius 3 is 2.79 bits per heavy atom. The van der Waals surface area contributed by atoms with Crippen LogP contribution in [0, 0.1) is 0 Å². The van der Waals surface area contributed by atoms with Gasteiger partial charge in [-0.15, -0.1) is 11.8 Å². The highest BCUT2D eigenvalue weighted by atomic mass is 35.5. The van der Waals surface area contributed by atoms with Gasteiger partial charge in [0.25, 0.3) is 0 Å². The second kappa shape index (κ2) is 8.43. The molecular weight excluding hydrogens is 286 g/mol. The molecule has 0 heterocycles. The number of nitrogens with one attached hydrogen (secondary N) is 1. The molecule has 19 heavy (non-hydrogen) atoms. The summed E-state index contributed by atoms with van der Waals surface area (Å²) in [4.78, 5) is 11.7. The van der Waals surface area contributed by atoms with Crippen molar-refractivity contribution in [1.29, 1.82) is 0 Å². The van der Waals surface area contributed by atoms with Crippen LogP contribution in [-0.4, -0.2) is 40.3 Å². The number of carbonyl (C=O) groups is 1. The van der Waals surface area contributed by atoms with Gasteiger partial charge in [-0.25, -0.2) is 0 Å². The summed E-state index contributed by atoms with van der Waals surface area (Å²) in [6.07, 6.45) is -0.779. The van der Waals surface area contributed by atoms with Gasteiger partial charge in [-0.2, -0.15) is 0 Å². The van der Waals surface area contributed by atoms with Crippen LogP contribution in [0.2, 0.25) is 5.02 Å². The van der Waals surface area contributed by atoms with Crippen molar-refractivity contribution >= 4 is 29.3 Å². The van der Waals surface area contributed by atoms with Crippen LogP contribution in [0.1, 0.15) is 18.5 Å². The van der Waals surface area contributed by atoms with E-state index in [2.05, 4.69) is 5.32 Å². The highest BCUT2D eigenvalue weighted by molar-refractivity contribution is 7.99. The minimum absolute atomic E-state index is 0.123. The number of hydrogen-bond donors (Lipinski definition) is 3. The van der Waals surface area contributed by atoms with Gasteiger partial charge in [0.2, 0.25) is 5.91 Å². The number of aliphatic hydroxyl groups excluding tert-OH is 2. The summed E-state index contributed by atoms with van der Waals surface area (Å²) < 4.78 is 0.